The molecule has 2 aromatic rings. The van der Waals surface area contributed by atoms with Crippen molar-refractivity contribution in [1.82, 2.24) is 15.1 Å². The second-order valence-electron chi connectivity index (χ2n) is 6.30. The van der Waals surface area contributed by atoms with E-state index < -0.39 is 6.04 Å². The van der Waals surface area contributed by atoms with E-state index in [9.17, 15) is 9.59 Å². The molecule has 0 spiro atoms. The van der Waals surface area contributed by atoms with E-state index in [1.54, 1.807) is 11.3 Å². The Bertz CT molecular complexity index is 695. The number of carbonyl (C=O) groups is 2. The van der Waals surface area contributed by atoms with E-state index in [0.717, 1.165) is 23.5 Å². The summed E-state index contributed by atoms with van der Waals surface area (Å²) in [6.45, 7) is 3.10. The molecule has 1 aromatic heterocycles. The van der Waals surface area contributed by atoms with E-state index in [1.807, 2.05) is 52.7 Å². The number of nitrogens with one attached hydrogen (secondary N) is 1. The Morgan fingerprint density at radius 1 is 1.08 bits per heavy atom. The Morgan fingerprint density at radius 2 is 1.80 bits per heavy atom. The zero-order valence-corrected chi connectivity index (χ0v) is 15.2. The molecular weight excluding hydrogens is 334 g/mol. The fraction of sp³-hybridized carbons (Fsp3) is 0.368. The third kappa shape index (κ3) is 4.67. The van der Waals surface area contributed by atoms with E-state index in [4.69, 9.17) is 0 Å². The van der Waals surface area contributed by atoms with Crippen LogP contribution in [0.2, 0.25) is 0 Å². The van der Waals surface area contributed by atoms with Crippen LogP contribution >= 0.6 is 11.3 Å². The molecular formula is C19H23N3O2S. The molecule has 1 fully saturated rings. The molecule has 132 valence electrons. The van der Waals surface area contributed by atoms with Gasteiger partial charge >= 0.3 is 0 Å². The van der Waals surface area contributed by atoms with Crippen molar-refractivity contribution in [2.45, 2.75) is 12.5 Å². The van der Waals surface area contributed by atoms with E-state index >= 15 is 0 Å². The lowest BCUT2D eigenvalue weighted by atomic mass is 10.0. The van der Waals surface area contributed by atoms with Gasteiger partial charge in [-0.1, -0.05) is 36.4 Å². The summed E-state index contributed by atoms with van der Waals surface area (Å²) >= 11 is 1.55. The monoisotopic (exact) mass is 357 g/mol. The molecule has 1 aromatic carbocycles. The van der Waals surface area contributed by atoms with E-state index in [2.05, 4.69) is 17.3 Å². The van der Waals surface area contributed by atoms with Crippen LogP contribution in [0, 0.1) is 0 Å². The van der Waals surface area contributed by atoms with E-state index in [-0.39, 0.29) is 11.8 Å². The van der Waals surface area contributed by atoms with Gasteiger partial charge in [0.05, 0.1) is 6.42 Å². The smallest absolute Gasteiger partial charge is 0.249 e. The second kappa shape index (κ2) is 8.27. The lowest BCUT2D eigenvalue weighted by Gasteiger charge is -2.35. The minimum absolute atomic E-state index is 0.0289. The van der Waals surface area contributed by atoms with Crippen molar-refractivity contribution >= 4 is 23.2 Å². The first-order chi connectivity index (χ1) is 12.1. The summed E-state index contributed by atoms with van der Waals surface area (Å²) in [7, 11) is 2.05. The summed E-state index contributed by atoms with van der Waals surface area (Å²) in [5, 5.41) is 4.89. The molecule has 5 nitrogen and oxygen atoms in total. The number of benzene rings is 1. The SMILES string of the molecule is CN1CCN(C(=O)[C@@H](NC(=O)Cc2cccs2)c2ccccc2)CC1. The molecule has 0 unspecified atom stereocenters. The van der Waals surface area contributed by atoms with Crippen LogP contribution in [0.4, 0.5) is 0 Å². The summed E-state index contributed by atoms with van der Waals surface area (Å²) in [6.07, 6.45) is 0.303. The molecule has 6 heteroatoms. The van der Waals surface area contributed by atoms with Gasteiger partial charge in [-0.3, -0.25) is 9.59 Å². The van der Waals surface area contributed by atoms with Crippen LogP contribution < -0.4 is 5.32 Å². The second-order valence-corrected chi connectivity index (χ2v) is 7.33. The van der Waals surface area contributed by atoms with Gasteiger partial charge in [0.15, 0.2) is 0 Å². The fourth-order valence-corrected chi connectivity index (χ4v) is 3.63. The molecule has 3 rings (SSSR count). The van der Waals surface area contributed by atoms with Crippen molar-refractivity contribution in [3.05, 3.63) is 58.3 Å². The van der Waals surface area contributed by atoms with Crippen molar-refractivity contribution in [3.63, 3.8) is 0 Å². The molecule has 2 amide bonds. The quantitative estimate of drug-likeness (QED) is 0.890. The first-order valence-electron chi connectivity index (χ1n) is 8.47. The first-order valence-corrected chi connectivity index (χ1v) is 9.35. The lowest BCUT2D eigenvalue weighted by Crippen LogP contribution is -2.51. The number of amides is 2. The van der Waals surface area contributed by atoms with Crippen LogP contribution in [-0.4, -0.2) is 54.8 Å². The minimum Gasteiger partial charge on any atom is -0.340 e. The highest BCUT2D eigenvalue weighted by Crippen LogP contribution is 2.18. The van der Waals surface area contributed by atoms with Gasteiger partial charge in [-0.25, -0.2) is 0 Å². The third-order valence-electron chi connectivity index (χ3n) is 4.42. The largest absolute Gasteiger partial charge is 0.340 e. The van der Waals surface area contributed by atoms with Crippen LogP contribution in [0.25, 0.3) is 0 Å². The summed E-state index contributed by atoms with van der Waals surface area (Å²) in [5.41, 5.74) is 0.825. The maximum absolute atomic E-state index is 13.0. The highest BCUT2D eigenvalue weighted by molar-refractivity contribution is 7.10. The maximum atomic E-state index is 13.0. The van der Waals surface area contributed by atoms with Gasteiger partial charge < -0.3 is 15.1 Å². The highest BCUT2D eigenvalue weighted by atomic mass is 32.1. The van der Waals surface area contributed by atoms with Crippen LogP contribution in [-0.2, 0) is 16.0 Å². The van der Waals surface area contributed by atoms with Crippen LogP contribution in [0.3, 0.4) is 0 Å². The number of likely N-dealkylation sites (N-methyl/N-ethyl adjacent to an activating group) is 1. The molecule has 1 aliphatic heterocycles. The van der Waals surface area contributed by atoms with E-state index in [1.165, 1.54) is 0 Å². The Morgan fingerprint density at radius 3 is 2.44 bits per heavy atom. The topological polar surface area (TPSA) is 52.6 Å². The van der Waals surface area contributed by atoms with Crippen molar-refractivity contribution in [2.24, 2.45) is 0 Å². The molecule has 25 heavy (non-hydrogen) atoms. The first kappa shape index (κ1) is 17.6. The molecule has 2 heterocycles. The molecule has 0 aliphatic carbocycles. The van der Waals surface area contributed by atoms with Crippen LogP contribution in [0.1, 0.15) is 16.5 Å². The van der Waals surface area contributed by atoms with Crippen molar-refractivity contribution in [3.8, 4) is 0 Å². The zero-order valence-electron chi connectivity index (χ0n) is 14.4. The van der Waals surface area contributed by atoms with Crippen molar-refractivity contribution in [2.75, 3.05) is 33.2 Å². The number of piperazine rings is 1. The summed E-state index contributed by atoms with van der Waals surface area (Å²) in [6, 6.07) is 12.7. The van der Waals surface area contributed by atoms with E-state index in [0.29, 0.717) is 19.5 Å². The summed E-state index contributed by atoms with van der Waals surface area (Å²) < 4.78 is 0. The minimum atomic E-state index is -0.628. The lowest BCUT2D eigenvalue weighted by molar-refractivity contribution is -0.137. The Kier molecular flexibility index (Phi) is 5.83. The molecule has 0 bridgehead atoms. The highest BCUT2D eigenvalue weighted by Gasteiger charge is 2.29. The maximum Gasteiger partial charge on any atom is 0.249 e. The number of rotatable bonds is 5. The normalized spacial score (nSPS) is 16.4. The summed E-state index contributed by atoms with van der Waals surface area (Å²) in [4.78, 5) is 30.5. The molecule has 1 aliphatic rings. The van der Waals surface area contributed by atoms with Gasteiger partial charge in [-0.2, -0.15) is 0 Å². The van der Waals surface area contributed by atoms with Crippen molar-refractivity contribution in [1.29, 1.82) is 0 Å². The number of thiophene rings is 1. The third-order valence-corrected chi connectivity index (χ3v) is 5.29. The van der Waals surface area contributed by atoms with Gasteiger partial charge in [0.1, 0.15) is 6.04 Å². The Hall–Kier alpha value is -2.18. The number of carbonyl (C=O) groups excluding carboxylic acids is 2. The number of hydrogen-bond acceptors (Lipinski definition) is 4. The van der Waals surface area contributed by atoms with Crippen LogP contribution in [0.5, 0.6) is 0 Å². The Labute approximate surface area is 152 Å². The standard InChI is InChI=1S/C19H23N3O2S/c1-21-9-11-22(12-10-21)19(24)18(15-6-3-2-4-7-15)20-17(23)14-16-8-5-13-25-16/h2-8,13,18H,9-12,14H2,1H3,(H,20,23)/t18-/m0/s1. The number of nitrogens with zero attached hydrogens (tertiary/aromatic N) is 2. The van der Waals surface area contributed by atoms with Gasteiger partial charge in [0.2, 0.25) is 11.8 Å². The predicted molar refractivity (Wildman–Crippen MR) is 99.4 cm³/mol. The summed E-state index contributed by atoms with van der Waals surface area (Å²) in [5.74, 6) is -0.155. The van der Waals surface area contributed by atoms with Gasteiger partial charge in [0, 0.05) is 31.1 Å². The molecule has 1 saturated heterocycles. The average Bonchev–Trinajstić information content (AvgIpc) is 3.13. The van der Waals surface area contributed by atoms with Gasteiger partial charge in [-0.15, -0.1) is 11.3 Å². The zero-order chi connectivity index (χ0) is 17.6. The predicted octanol–water partition coefficient (Wildman–Crippen LogP) is 1.92. The fourth-order valence-electron chi connectivity index (χ4n) is 2.93. The average molecular weight is 357 g/mol. The van der Waals surface area contributed by atoms with Crippen molar-refractivity contribution < 1.29 is 9.59 Å². The number of hydrogen-bond donors (Lipinski definition) is 1. The Balaban J connectivity index is 1.73. The van der Waals surface area contributed by atoms with Crippen LogP contribution in [0.15, 0.2) is 47.8 Å². The molecule has 1 N–H and O–H groups in total. The van der Waals surface area contributed by atoms with Gasteiger partial charge in [0.25, 0.3) is 0 Å². The van der Waals surface area contributed by atoms with Gasteiger partial charge in [-0.05, 0) is 24.1 Å². The molecule has 0 saturated carbocycles. The molecule has 1 atom stereocenters. The molecule has 0 radical (unpaired) electrons.